The zero-order valence-corrected chi connectivity index (χ0v) is 23.2. The largest absolute Gasteiger partial charge is 0.489 e. The lowest BCUT2D eigenvalue weighted by Gasteiger charge is -2.13. The molecule has 8 heteroatoms. The van der Waals surface area contributed by atoms with Crippen molar-refractivity contribution in [3.63, 3.8) is 0 Å². The molecule has 2 heterocycles. The van der Waals surface area contributed by atoms with Gasteiger partial charge in [0.1, 0.15) is 22.5 Å². The second kappa shape index (κ2) is 12.4. The van der Waals surface area contributed by atoms with Crippen LogP contribution in [0.4, 0.5) is 4.39 Å². The number of thiocarbonyl (C=S) groups is 1. The highest BCUT2D eigenvalue weighted by Crippen LogP contribution is 2.35. The second-order valence-electron chi connectivity index (χ2n) is 9.16. The Morgan fingerprint density at radius 1 is 1.00 bits per heavy atom. The first-order valence-corrected chi connectivity index (χ1v) is 14.1. The quantitative estimate of drug-likeness (QED) is 0.114. The minimum atomic E-state index is -0.291. The van der Waals surface area contributed by atoms with E-state index >= 15 is 0 Å². The number of aromatic nitrogens is 2. The Kier molecular flexibility index (Phi) is 8.54. The minimum absolute atomic E-state index is 0.0589. The molecule has 4 aromatic rings. The molecule has 0 spiro atoms. The fourth-order valence-electron chi connectivity index (χ4n) is 4.27. The minimum Gasteiger partial charge on any atom is -0.489 e. The Bertz CT molecular complexity index is 1500. The van der Waals surface area contributed by atoms with Crippen LogP contribution in [0.15, 0.2) is 90.0 Å². The Balaban J connectivity index is 1.42. The smallest absolute Gasteiger partial charge is 0.266 e. The molecule has 1 aliphatic heterocycles. The van der Waals surface area contributed by atoms with Crippen LogP contribution in [-0.2, 0) is 11.4 Å². The number of hydrogen-bond acceptors (Lipinski definition) is 5. The molecule has 0 saturated carbocycles. The van der Waals surface area contributed by atoms with Gasteiger partial charge in [0.15, 0.2) is 0 Å². The van der Waals surface area contributed by atoms with E-state index in [2.05, 4.69) is 6.92 Å². The van der Waals surface area contributed by atoms with Gasteiger partial charge in [-0.2, -0.15) is 5.10 Å². The van der Waals surface area contributed by atoms with E-state index in [0.29, 0.717) is 27.1 Å². The summed E-state index contributed by atoms with van der Waals surface area (Å²) in [7, 11) is 0. The zero-order valence-electron chi connectivity index (χ0n) is 21.5. The van der Waals surface area contributed by atoms with Crippen molar-refractivity contribution in [2.75, 3.05) is 6.54 Å². The molecule has 5 rings (SSSR count). The molecule has 3 aromatic carbocycles. The van der Waals surface area contributed by atoms with Crippen LogP contribution < -0.4 is 4.74 Å². The molecule has 0 unspecified atom stereocenters. The van der Waals surface area contributed by atoms with Crippen LogP contribution in [0.3, 0.4) is 0 Å². The van der Waals surface area contributed by atoms with Gasteiger partial charge >= 0.3 is 0 Å². The van der Waals surface area contributed by atoms with Gasteiger partial charge in [0.05, 0.1) is 16.3 Å². The van der Waals surface area contributed by atoms with Gasteiger partial charge in [-0.15, -0.1) is 0 Å². The monoisotopic (exact) mass is 557 g/mol. The van der Waals surface area contributed by atoms with Crippen molar-refractivity contribution in [3.05, 3.63) is 107 Å². The number of ether oxygens (including phenoxy) is 1. The number of carbonyl (C=O) groups excluding carboxylic acids is 1. The number of nitrogens with zero attached hydrogens (tertiary/aromatic N) is 3. The molecular formula is C31H28FN3O2S2. The van der Waals surface area contributed by atoms with Crippen LogP contribution in [0.5, 0.6) is 5.75 Å². The number of thioether (sulfide) groups is 1. The van der Waals surface area contributed by atoms with Crippen molar-refractivity contribution in [3.8, 4) is 22.7 Å². The number of benzene rings is 3. The van der Waals surface area contributed by atoms with Crippen LogP contribution in [0.25, 0.3) is 23.0 Å². The lowest BCUT2D eigenvalue weighted by molar-refractivity contribution is -0.122. The third kappa shape index (κ3) is 6.29. The number of halogens is 1. The lowest BCUT2D eigenvalue weighted by atomic mass is 10.1. The van der Waals surface area contributed by atoms with Crippen molar-refractivity contribution in [2.24, 2.45) is 0 Å². The molecule has 0 N–H and O–H groups in total. The molecule has 1 fully saturated rings. The normalized spacial score (nSPS) is 14.4. The zero-order chi connectivity index (χ0) is 27.2. The van der Waals surface area contributed by atoms with E-state index in [0.717, 1.165) is 41.8 Å². The van der Waals surface area contributed by atoms with E-state index < -0.39 is 0 Å². The van der Waals surface area contributed by atoms with Crippen molar-refractivity contribution in [2.45, 2.75) is 32.8 Å². The summed E-state index contributed by atoms with van der Waals surface area (Å²) in [4.78, 5) is 15.5. The molecule has 1 aliphatic rings. The van der Waals surface area contributed by atoms with Crippen LogP contribution in [0.1, 0.15) is 37.3 Å². The molecule has 1 aromatic heterocycles. The summed E-state index contributed by atoms with van der Waals surface area (Å²) in [5, 5.41) is 4.87. The molecule has 0 aliphatic carbocycles. The molecule has 198 valence electrons. The van der Waals surface area contributed by atoms with Gasteiger partial charge < -0.3 is 4.74 Å². The Morgan fingerprint density at radius 2 is 1.74 bits per heavy atom. The summed E-state index contributed by atoms with van der Waals surface area (Å²) in [6, 6.07) is 23.9. The standard InChI is InChI=1S/C31H28FN3O2S2/c1-2-3-9-18-34-30(36)28(39-31(34)38)19-24-20-35(25-11-5-4-6-12-25)33-29(24)22-14-16-26(17-15-22)37-21-23-10-7-8-13-27(23)32/h4-8,10-17,19-20H,2-3,9,18,21H2,1H3. The Morgan fingerprint density at radius 3 is 2.49 bits per heavy atom. The fraction of sp³-hybridized carbons (Fsp3) is 0.194. The predicted octanol–water partition coefficient (Wildman–Crippen LogP) is 7.65. The van der Waals surface area contributed by atoms with Gasteiger partial charge in [0.25, 0.3) is 5.91 Å². The average molecular weight is 558 g/mol. The van der Waals surface area contributed by atoms with Crippen molar-refractivity contribution < 1.29 is 13.9 Å². The summed E-state index contributed by atoms with van der Waals surface area (Å²) in [6.07, 6.45) is 6.88. The van der Waals surface area contributed by atoms with E-state index in [4.69, 9.17) is 22.1 Å². The Hall–Kier alpha value is -3.75. The number of para-hydroxylation sites is 1. The molecule has 39 heavy (non-hydrogen) atoms. The molecule has 1 amide bonds. The molecule has 1 saturated heterocycles. The maximum Gasteiger partial charge on any atom is 0.266 e. The van der Waals surface area contributed by atoms with E-state index in [9.17, 15) is 9.18 Å². The van der Waals surface area contributed by atoms with Crippen LogP contribution in [0, 0.1) is 5.82 Å². The summed E-state index contributed by atoms with van der Waals surface area (Å²) >= 11 is 6.85. The lowest BCUT2D eigenvalue weighted by Crippen LogP contribution is -2.28. The first kappa shape index (κ1) is 26.8. The van der Waals surface area contributed by atoms with E-state index in [1.165, 1.54) is 17.8 Å². The third-order valence-electron chi connectivity index (χ3n) is 6.39. The van der Waals surface area contributed by atoms with Crippen molar-refractivity contribution in [1.29, 1.82) is 0 Å². The summed E-state index contributed by atoms with van der Waals surface area (Å²) in [5.74, 6) is 0.274. The topological polar surface area (TPSA) is 47.4 Å². The molecule has 0 bridgehead atoms. The molecule has 5 nitrogen and oxygen atoms in total. The summed E-state index contributed by atoms with van der Waals surface area (Å²) in [5.41, 5.74) is 3.82. The SMILES string of the molecule is CCCCCN1C(=O)C(=Cc2cn(-c3ccccc3)nc2-c2ccc(OCc3ccccc3F)cc2)SC1=S. The van der Waals surface area contributed by atoms with Crippen LogP contribution in [-0.4, -0.2) is 31.5 Å². The van der Waals surface area contributed by atoms with Crippen LogP contribution >= 0.6 is 24.0 Å². The first-order valence-electron chi connectivity index (χ1n) is 12.9. The Labute approximate surface area is 237 Å². The number of hydrogen-bond donors (Lipinski definition) is 0. The predicted molar refractivity (Wildman–Crippen MR) is 159 cm³/mol. The van der Waals surface area contributed by atoms with Gasteiger partial charge in [0.2, 0.25) is 0 Å². The number of unbranched alkanes of at least 4 members (excludes halogenated alkanes) is 2. The second-order valence-corrected chi connectivity index (χ2v) is 10.8. The van der Waals surface area contributed by atoms with Crippen molar-refractivity contribution >= 4 is 40.3 Å². The number of amides is 1. The maximum atomic E-state index is 14.0. The van der Waals surface area contributed by atoms with Crippen LogP contribution in [0.2, 0.25) is 0 Å². The maximum absolute atomic E-state index is 14.0. The third-order valence-corrected chi connectivity index (χ3v) is 7.77. The molecule has 0 radical (unpaired) electrons. The molecule has 0 atom stereocenters. The fourth-order valence-corrected chi connectivity index (χ4v) is 5.57. The number of rotatable bonds is 10. The number of carbonyl (C=O) groups is 1. The summed E-state index contributed by atoms with van der Waals surface area (Å²) < 4.78 is 22.2. The highest BCUT2D eigenvalue weighted by molar-refractivity contribution is 8.26. The van der Waals surface area contributed by atoms with Gasteiger partial charge in [-0.1, -0.05) is 80.1 Å². The highest BCUT2D eigenvalue weighted by atomic mass is 32.2. The van der Waals surface area contributed by atoms with Crippen molar-refractivity contribution in [1.82, 2.24) is 14.7 Å². The van der Waals surface area contributed by atoms with Gasteiger partial charge in [-0.05, 0) is 55.0 Å². The molecular weight excluding hydrogens is 529 g/mol. The van der Waals surface area contributed by atoms with E-state index in [1.54, 1.807) is 23.1 Å². The first-order chi connectivity index (χ1) is 19.0. The van der Waals surface area contributed by atoms with Gasteiger partial charge in [-0.3, -0.25) is 9.69 Å². The average Bonchev–Trinajstić information content (AvgIpc) is 3.50. The summed E-state index contributed by atoms with van der Waals surface area (Å²) in [6.45, 7) is 2.91. The van der Waals surface area contributed by atoms with Gasteiger partial charge in [-0.25, -0.2) is 9.07 Å². The van der Waals surface area contributed by atoms with E-state index in [1.807, 2.05) is 71.6 Å². The van der Waals surface area contributed by atoms with E-state index in [-0.39, 0.29) is 18.3 Å². The van der Waals surface area contributed by atoms with Gasteiger partial charge in [0, 0.05) is 29.4 Å². The highest BCUT2D eigenvalue weighted by Gasteiger charge is 2.32.